The van der Waals surface area contributed by atoms with Crippen LogP contribution in [0.25, 0.3) is 0 Å². The molecule has 4 aliphatic rings. The smallest absolute Gasteiger partial charge is 0.244 e. The third kappa shape index (κ3) is 12.9. The number of aliphatic hydroxyl groups is 3. The number of amides is 6. The van der Waals surface area contributed by atoms with E-state index in [9.17, 15) is 68.7 Å². The number of benzene rings is 3. The fraction of sp³-hybridized carbons (Fsp3) is 0.509. The molecular formula is C55H69N7O17. The van der Waals surface area contributed by atoms with Crippen LogP contribution in [0.15, 0.2) is 48.5 Å². The van der Waals surface area contributed by atoms with Gasteiger partial charge in [0.1, 0.15) is 59.7 Å². The normalized spacial score (nSPS) is 23.5. The number of rotatable bonds is 21. The van der Waals surface area contributed by atoms with E-state index in [1.165, 1.54) is 44.1 Å². The van der Waals surface area contributed by atoms with E-state index in [0.29, 0.717) is 25.8 Å². The van der Waals surface area contributed by atoms with E-state index in [2.05, 4.69) is 26.6 Å². The minimum atomic E-state index is -2.45. The van der Waals surface area contributed by atoms with Crippen LogP contribution < -0.4 is 37.1 Å². The summed E-state index contributed by atoms with van der Waals surface area (Å²) in [6, 6.07) is 7.58. The minimum Gasteiger partial charge on any atom is -0.507 e. The van der Waals surface area contributed by atoms with Crippen molar-refractivity contribution in [3.8, 4) is 17.2 Å². The number of hydrogen-bond donors (Lipinski definition) is 11. The van der Waals surface area contributed by atoms with Crippen molar-refractivity contribution in [2.45, 2.75) is 139 Å². The van der Waals surface area contributed by atoms with Crippen LogP contribution in [0, 0.1) is 5.92 Å². The zero-order chi connectivity index (χ0) is 57.6. The first-order chi connectivity index (χ1) is 37.5. The number of ether oxygens (including phenoxy) is 3. The second-order valence-electron chi connectivity index (χ2n) is 20.8. The molecule has 0 aromatic heterocycles. The monoisotopic (exact) mass is 1100 g/mol. The van der Waals surface area contributed by atoms with Gasteiger partial charge < -0.3 is 77.0 Å². The number of Topliss-reactive ketones (excluding diaryl/α,β-unsaturated/α-hetero) is 1. The van der Waals surface area contributed by atoms with Crippen LogP contribution in [0.1, 0.15) is 121 Å². The molecule has 0 unspecified atom stereocenters. The number of methoxy groups -OCH3 is 1. The average Bonchev–Trinajstić information content (AvgIpc) is 4.00. The van der Waals surface area contributed by atoms with E-state index in [0.717, 1.165) is 5.56 Å². The van der Waals surface area contributed by atoms with E-state index < -0.39 is 156 Å². The van der Waals surface area contributed by atoms with Crippen molar-refractivity contribution in [3.05, 3.63) is 87.5 Å². The van der Waals surface area contributed by atoms with E-state index in [-0.39, 0.29) is 65.6 Å². The Hall–Kier alpha value is -7.35. The minimum absolute atomic E-state index is 0.0136. The molecule has 7 rings (SSSR count). The molecule has 0 saturated carbocycles. The molecular weight excluding hydrogens is 1030 g/mol. The van der Waals surface area contributed by atoms with Crippen molar-refractivity contribution in [2.75, 3.05) is 33.4 Å². The van der Waals surface area contributed by atoms with Crippen molar-refractivity contribution < 1.29 is 82.9 Å². The number of phenolic OH excluding ortho intramolecular Hbond substituents is 2. The molecule has 0 bridgehead atoms. The highest BCUT2D eigenvalue weighted by Crippen LogP contribution is 2.52. The van der Waals surface area contributed by atoms with E-state index in [1.54, 1.807) is 26.0 Å². The molecule has 24 nitrogen and oxygen atoms in total. The molecule has 2 fully saturated rings. The molecule has 24 heteroatoms. The summed E-state index contributed by atoms with van der Waals surface area (Å²) in [4.78, 5) is 123. The Morgan fingerprint density at radius 1 is 0.886 bits per heavy atom. The SMILES string of the molecule is COc1cccc2c1C(=O)c1c(O)c3c(c(O)c1C2=O)C[C@@](O)(C(=O)CO)C[C@@H]3O[C@H]1C[C@H](NC(=O)[C@H](CC(C)C)NC(=O)[C@H](CCc2ccccc2)NC(=O)CNC(=O)[C@H](CN)NC(=O)[C@@H]2CCCN2C(C)=O)[C@H](O)[C@H](C)O1. The highest BCUT2D eigenvalue weighted by atomic mass is 16.7. The zero-order valence-corrected chi connectivity index (χ0v) is 44.5. The molecule has 6 amide bonds. The van der Waals surface area contributed by atoms with Gasteiger partial charge in [-0.05, 0) is 56.6 Å². The Morgan fingerprint density at radius 3 is 2.25 bits per heavy atom. The third-order valence-corrected chi connectivity index (χ3v) is 14.9. The first kappa shape index (κ1) is 59.3. The van der Waals surface area contributed by atoms with Crippen LogP contribution in [-0.2, 0) is 55.9 Å². The molecule has 12 N–H and O–H groups in total. The summed E-state index contributed by atoms with van der Waals surface area (Å²) in [6.07, 6.45) is -5.78. The lowest BCUT2D eigenvalue weighted by molar-refractivity contribution is -0.249. The number of likely N-dealkylation sites (tertiary alicyclic amines) is 1. The largest absolute Gasteiger partial charge is 0.507 e. The number of carbonyl (C=O) groups is 9. The predicted molar refractivity (Wildman–Crippen MR) is 278 cm³/mol. The lowest BCUT2D eigenvalue weighted by atomic mass is 9.72. The van der Waals surface area contributed by atoms with Gasteiger partial charge in [0, 0.05) is 56.0 Å². The maximum Gasteiger partial charge on any atom is 0.244 e. The number of nitrogens with zero attached hydrogens (tertiary/aromatic N) is 1. The van der Waals surface area contributed by atoms with Gasteiger partial charge in [0.25, 0.3) is 0 Å². The number of carbonyl (C=O) groups excluding carboxylic acids is 9. The Bertz CT molecular complexity index is 2860. The van der Waals surface area contributed by atoms with Gasteiger partial charge in [-0.25, -0.2) is 0 Å². The Balaban J connectivity index is 1.07. The first-order valence-corrected chi connectivity index (χ1v) is 26.2. The van der Waals surface area contributed by atoms with Gasteiger partial charge >= 0.3 is 0 Å². The van der Waals surface area contributed by atoms with Crippen molar-refractivity contribution >= 4 is 52.8 Å². The number of aromatic hydroxyl groups is 2. The number of hydrogen-bond acceptors (Lipinski definition) is 18. The molecule has 79 heavy (non-hydrogen) atoms. The molecule has 426 valence electrons. The average molecular weight is 1100 g/mol. The molecule has 2 aliphatic heterocycles. The number of aryl methyl sites for hydroxylation is 1. The summed E-state index contributed by atoms with van der Waals surface area (Å²) in [5.41, 5.74) is 2.12. The predicted octanol–water partition coefficient (Wildman–Crippen LogP) is -0.622. The number of nitrogens with one attached hydrogen (secondary N) is 5. The number of aliphatic hydroxyl groups excluding tert-OH is 2. The number of ketones is 3. The van der Waals surface area contributed by atoms with Crippen LogP contribution >= 0.6 is 0 Å². The van der Waals surface area contributed by atoms with Gasteiger partial charge in [-0.15, -0.1) is 0 Å². The Morgan fingerprint density at radius 2 is 1.59 bits per heavy atom. The number of phenols is 2. The number of nitrogens with two attached hydrogens (primary N) is 1. The van der Waals surface area contributed by atoms with Crippen molar-refractivity contribution in [1.82, 2.24) is 31.5 Å². The van der Waals surface area contributed by atoms with Crippen LogP contribution in [0.5, 0.6) is 17.2 Å². The van der Waals surface area contributed by atoms with Crippen molar-refractivity contribution in [2.24, 2.45) is 11.7 Å². The molecule has 10 atom stereocenters. The summed E-state index contributed by atoms with van der Waals surface area (Å²) < 4.78 is 17.7. The van der Waals surface area contributed by atoms with Crippen molar-refractivity contribution in [3.63, 3.8) is 0 Å². The quantitative estimate of drug-likeness (QED) is 0.0463. The third-order valence-electron chi connectivity index (χ3n) is 14.9. The van der Waals surface area contributed by atoms with Crippen LogP contribution in [0.2, 0.25) is 0 Å². The van der Waals surface area contributed by atoms with Crippen molar-refractivity contribution in [1.29, 1.82) is 0 Å². The highest BCUT2D eigenvalue weighted by Gasteiger charge is 2.51. The Kier molecular flexibility index (Phi) is 18.9. The number of fused-ring (bicyclic) bond motifs is 3. The zero-order valence-electron chi connectivity index (χ0n) is 44.5. The van der Waals surface area contributed by atoms with Gasteiger partial charge in [-0.2, -0.15) is 0 Å². The molecule has 2 saturated heterocycles. The fourth-order valence-electron chi connectivity index (χ4n) is 10.8. The van der Waals surface area contributed by atoms with Gasteiger partial charge in [-0.3, -0.25) is 43.2 Å². The molecule has 0 radical (unpaired) electrons. The summed E-state index contributed by atoms with van der Waals surface area (Å²) >= 11 is 0. The molecule has 3 aromatic carbocycles. The lowest BCUT2D eigenvalue weighted by Gasteiger charge is -2.43. The fourth-order valence-corrected chi connectivity index (χ4v) is 10.8. The maximum atomic E-state index is 14.4. The maximum absolute atomic E-state index is 14.4. The van der Waals surface area contributed by atoms with Crippen LogP contribution in [0.3, 0.4) is 0 Å². The van der Waals surface area contributed by atoms with Gasteiger partial charge in [0.15, 0.2) is 17.9 Å². The Labute approximate surface area is 455 Å². The second kappa shape index (κ2) is 25.2. The molecule has 3 aromatic rings. The highest BCUT2D eigenvalue weighted by molar-refractivity contribution is 6.31. The standard InChI is InChI=1S/C55H69N7O17/c1-26(2)19-34(60-52(73)32(17-16-29-11-7-6-8-12-29)58-40(66)24-57-51(72)35(23-56)61-54(75)36-14-10-18-62(36)28(4)64)53(74)59-33-20-41(78-27(3)46(33)67)79-38-22-55(76,39(65)25-63)21-31-43(38)50(71)45-44(48(31)69)47(68)30-13-9-15-37(77-5)42(30)49(45)70/h6-9,11-13,15,26-27,32-36,38,41,46,63,67,69,71,76H,10,14,16-25,56H2,1-5H3,(H,57,72)(H,58,66)(H,59,74)(H,60,73)(H,61,75)/t27-,32-,33-,34-,35-,36-,38-,41-,46+,55-/m0/s1. The van der Waals surface area contributed by atoms with E-state index in [1.807, 2.05) is 18.2 Å². The van der Waals surface area contributed by atoms with Gasteiger partial charge in [0.05, 0.1) is 48.6 Å². The first-order valence-electron chi connectivity index (χ1n) is 26.2. The topological polar surface area (TPSA) is 372 Å². The summed E-state index contributed by atoms with van der Waals surface area (Å²) in [5, 5.41) is 70.1. The van der Waals surface area contributed by atoms with Crippen LogP contribution in [0.4, 0.5) is 0 Å². The summed E-state index contributed by atoms with van der Waals surface area (Å²) in [5.74, 6) is -8.57. The molecule has 0 spiro atoms. The summed E-state index contributed by atoms with van der Waals surface area (Å²) in [7, 11) is 1.28. The van der Waals surface area contributed by atoms with Crippen LogP contribution in [-0.4, -0.2) is 171 Å². The summed E-state index contributed by atoms with van der Waals surface area (Å²) in [6.45, 7) is 4.71. The molecule has 2 aliphatic carbocycles. The van der Waals surface area contributed by atoms with E-state index in [4.69, 9.17) is 19.9 Å². The van der Waals surface area contributed by atoms with E-state index >= 15 is 0 Å². The van der Waals surface area contributed by atoms with Gasteiger partial charge in [0.2, 0.25) is 41.2 Å². The van der Waals surface area contributed by atoms with Gasteiger partial charge in [-0.1, -0.05) is 56.3 Å². The lowest BCUT2D eigenvalue weighted by Crippen LogP contribution is -2.60. The molecule has 2 heterocycles. The second-order valence-corrected chi connectivity index (χ2v) is 20.8.